The summed E-state index contributed by atoms with van der Waals surface area (Å²) >= 11 is 0. The first kappa shape index (κ1) is 7.03. The van der Waals surface area contributed by atoms with E-state index in [1.807, 2.05) is 0 Å². The van der Waals surface area contributed by atoms with E-state index in [-0.39, 0.29) is 0 Å². The first-order valence-electron chi connectivity index (χ1n) is 3.52. The van der Waals surface area contributed by atoms with Gasteiger partial charge in [0.1, 0.15) is 0 Å². The Morgan fingerprint density at radius 2 is 1.67 bits per heavy atom. The van der Waals surface area contributed by atoms with Gasteiger partial charge in [-0.3, -0.25) is 0 Å². The molecule has 0 aromatic carbocycles. The normalized spacial score (nSPS) is 28.3. The Kier molecular flexibility index (Phi) is 1.78. The molecule has 2 heteroatoms. The van der Waals surface area contributed by atoms with Crippen molar-refractivity contribution < 1.29 is 0 Å². The summed E-state index contributed by atoms with van der Waals surface area (Å²) in [5.41, 5.74) is 0.418. The number of hydrogen-bond donors (Lipinski definition) is 0. The van der Waals surface area contributed by atoms with Gasteiger partial charge in [0.2, 0.25) is 0 Å². The molecule has 0 aromatic heterocycles. The van der Waals surface area contributed by atoms with Gasteiger partial charge in [-0.05, 0) is 31.3 Å². The fourth-order valence-corrected chi connectivity index (χ4v) is 1.09. The van der Waals surface area contributed by atoms with Crippen molar-refractivity contribution in [1.82, 2.24) is 5.06 Å². The zero-order valence-corrected chi connectivity index (χ0v) is 6.18. The fraction of sp³-hybridized carbons (Fsp3) is 1.00. The van der Waals surface area contributed by atoms with E-state index in [4.69, 9.17) is 0 Å². The quantitative estimate of drug-likeness (QED) is 0.495. The number of piperidine rings is 1. The Labute approximate surface area is 56.4 Å². The van der Waals surface area contributed by atoms with Gasteiger partial charge in [-0.15, -0.1) is 0 Å². The van der Waals surface area contributed by atoms with Gasteiger partial charge < -0.3 is 10.3 Å². The summed E-state index contributed by atoms with van der Waals surface area (Å²) in [6.07, 6.45) is 2.10. The van der Waals surface area contributed by atoms with Gasteiger partial charge in [-0.25, -0.2) is 0 Å². The van der Waals surface area contributed by atoms with Crippen LogP contribution in [0.4, 0.5) is 0 Å². The predicted octanol–water partition coefficient (Wildman–Crippen LogP) is 1.61. The Hall–Kier alpha value is -0.0800. The van der Waals surface area contributed by atoms with Crippen molar-refractivity contribution in [1.29, 1.82) is 0 Å². The van der Waals surface area contributed by atoms with Crippen molar-refractivity contribution >= 4 is 0 Å². The molecule has 0 atom stereocenters. The average molecular weight is 128 g/mol. The van der Waals surface area contributed by atoms with Gasteiger partial charge in [0.25, 0.3) is 0 Å². The van der Waals surface area contributed by atoms with Crippen LogP contribution in [-0.4, -0.2) is 18.2 Å². The fourth-order valence-electron chi connectivity index (χ4n) is 1.09. The second kappa shape index (κ2) is 2.27. The van der Waals surface area contributed by atoms with Crippen LogP contribution in [0.15, 0.2) is 0 Å². The Morgan fingerprint density at radius 1 is 1.22 bits per heavy atom. The predicted molar refractivity (Wildman–Crippen MR) is 38.0 cm³/mol. The molecule has 1 heterocycles. The first-order chi connectivity index (χ1) is 4.10. The summed E-state index contributed by atoms with van der Waals surface area (Å²) in [6, 6.07) is 0. The Balaban J connectivity index is 2.35. The lowest BCUT2D eigenvalue weighted by molar-refractivity contribution is 0.173. The maximum atomic E-state index is 10.7. The summed E-state index contributed by atoms with van der Waals surface area (Å²) in [4.78, 5) is 0. The molecule has 0 N–H and O–H groups in total. The third-order valence-corrected chi connectivity index (χ3v) is 2.08. The van der Waals surface area contributed by atoms with Crippen molar-refractivity contribution in [2.75, 3.05) is 13.1 Å². The van der Waals surface area contributed by atoms with E-state index in [1.165, 1.54) is 0 Å². The number of hydroxylamine groups is 2. The van der Waals surface area contributed by atoms with Gasteiger partial charge in [0.15, 0.2) is 0 Å². The van der Waals surface area contributed by atoms with Gasteiger partial charge in [-0.1, -0.05) is 13.8 Å². The minimum Gasteiger partial charge on any atom is -0.785 e. The van der Waals surface area contributed by atoms with Crippen molar-refractivity contribution in [2.45, 2.75) is 26.7 Å². The summed E-state index contributed by atoms with van der Waals surface area (Å²) in [7, 11) is 0. The van der Waals surface area contributed by atoms with Crippen molar-refractivity contribution in [3.05, 3.63) is 5.21 Å². The van der Waals surface area contributed by atoms with Crippen molar-refractivity contribution in [2.24, 2.45) is 5.41 Å². The molecule has 9 heavy (non-hydrogen) atoms. The zero-order chi connectivity index (χ0) is 6.91. The Morgan fingerprint density at radius 3 is 2.00 bits per heavy atom. The molecule has 0 bridgehead atoms. The highest BCUT2D eigenvalue weighted by molar-refractivity contribution is 4.78. The summed E-state index contributed by atoms with van der Waals surface area (Å²) in [6.45, 7) is 5.90. The van der Waals surface area contributed by atoms with Gasteiger partial charge in [0, 0.05) is 0 Å². The minimum absolute atomic E-state index is 0.418. The Bertz CT molecular complexity index is 91.1. The zero-order valence-electron chi connectivity index (χ0n) is 6.18. The second-order valence-electron chi connectivity index (χ2n) is 3.59. The molecule has 0 unspecified atom stereocenters. The first-order valence-corrected chi connectivity index (χ1v) is 3.52. The van der Waals surface area contributed by atoms with E-state index in [0.717, 1.165) is 31.0 Å². The molecule has 0 aliphatic carbocycles. The standard InChI is InChI=1S/C7H14NO/c1-7(2)3-5-8(9)6-4-7/h3-6H2,1-2H3/q-1. The third kappa shape index (κ3) is 1.95. The molecule has 0 spiro atoms. The van der Waals surface area contributed by atoms with E-state index >= 15 is 0 Å². The maximum absolute atomic E-state index is 10.7. The van der Waals surface area contributed by atoms with Crippen LogP contribution in [0, 0.1) is 10.6 Å². The molecule has 0 saturated carbocycles. The lowest BCUT2D eigenvalue weighted by Gasteiger charge is -2.40. The molecular formula is C7H14NO-. The van der Waals surface area contributed by atoms with Crippen LogP contribution in [0.3, 0.4) is 0 Å². The van der Waals surface area contributed by atoms with Crippen molar-refractivity contribution in [3.8, 4) is 0 Å². The average Bonchev–Trinajstić information content (AvgIpc) is 1.78. The van der Waals surface area contributed by atoms with Crippen LogP contribution in [0.1, 0.15) is 26.7 Å². The monoisotopic (exact) mass is 128 g/mol. The van der Waals surface area contributed by atoms with Crippen LogP contribution < -0.4 is 0 Å². The number of nitrogens with zero attached hydrogens (tertiary/aromatic N) is 1. The number of rotatable bonds is 0. The largest absolute Gasteiger partial charge is 0.785 e. The molecular weight excluding hydrogens is 114 g/mol. The highest BCUT2D eigenvalue weighted by atomic mass is 16.5. The molecule has 0 radical (unpaired) electrons. The topological polar surface area (TPSA) is 26.3 Å². The van der Waals surface area contributed by atoms with Crippen LogP contribution >= 0.6 is 0 Å². The second-order valence-corrected chi connectivity index (χ2v) is 3.59. The highest BCUT2D eigenvalue weighted by Gasteiger charge is 2.21. The molecule has 1 aliphatic rings. The van der Waals surface area contributed by atoms with E-state index in [1.54, 1.807) is 0 Å². The minimum atomic E-state index is 0.418. The summed E-state index contributed by atoms with van der Waals surface area (Å²) in [5, 5.41) is 11.8. The van der Waals surface area contributed by atoms with E-state index in [9.17, 15) is 5.21 Å². The lowest BCUT2D eigenvalue weighted by Crippen LogP contribution is -2.33. The molecule has 54 valence electrons. The third-order valence-electron chi connectivity index (χ3n) is 2.08. The molecule has 1 fully saturated rings. The smallest absolute Gasteiger partial charge is 0.0139 e. The van der Waals surface area contributed by atoms with Crippen LogP contribution in [0.2, 0.25) is 0 Å². The SMILES string of the molecule is CC1(C)CCN([O-])CC1. The lowest BCUT2D eigenvalue weighted by atomic mass is 9.83. The highest BCUT2D eigenvalue weighted by Crippen LogP contribution is 2.28. The van der Waals surface area contributed by atoms with E-state index < -0.39 is 0 Å². The molecule has 2 nitrogen and oxygen atoms in total. The molecule has 1 rings (SSSR count). The van der Waals surface area contributed by atoms with Gasteiger partial charge in [0.05, 0.1) is 0 Å². The molecule has 0 aromatic rings. The summed E-state index contributed by atoms with van der Waals surface area (Å²) in [5.74, 6) is 0. The molecule has 0 amide bonds. The van der Waals surface area contributed by atoms with Gasteiger partial charge >= 0.3 is 0 Å². The number of hydrogen-bond acceptors (Lipinski definition) is 2. The van der Waals surface area contributed by atoms with Crippen molar-refractivity contribution in [3.63, 3.8) is 0 Å². The molecule has 1 aliphatic heterocycles. The van der Waals surface area contributed by atoms with Crippen LogP contribution in [0.25, 0.3) is 0 Å². The van der Waals surface area contributed by atoms with E-state index in [0.29, 0.717) is 5.41 Å². The van der Waals surface area contributed by atoms with Crippen LogP contribution in [-0.2, 0) is 0 Å². The summed E-state index contributed by atoms with van der Waals surface area (Å²) < 4.78 is 0. The molecule has 1 saturated heterocycles. The van der Waals surface area contributed by atoms with E-state index in [2.05, 4.69) is 13.8 Å². The van der Waals surface area contributed by atoms with Gasteiger partial charge in [-0.2, -0.15) is 0 Å². The maximum Gasteiger partial charge on any atom is -0.0139 e. The van der Waals surface area contributed by atoms with Crippen LogP contribution in [0.5, 0.6) is 0 Å².